The fourth-order valence-corrected chi connectivity index (χ4v) is 4.04. The van der Waals surface area contributed by atoms with Gasteiger partial charge in [0.15, 0.2) is 11.6 Å². The summed E-state index contributed by atoms with van der Waals surface area (Å²) in [7, 11) is 0. The summed E-state index contributed by atoms with van der Waals surface area (Å²) < 4.78 is 21.4. The summed E-state index contributed by atoms with van der Waals surface area (Å²) in [5.41, 5.74) is -0.859. The maximum absolute atomic E-state index is 12.3. The van der Waals surface area contributed by atoms with Crippen molar-refractivity contribution in [3.05, 3.63) is 59.7 Å². The Morgan fingerprint density at radius 2 is 1.11 bits per heavy atom. The third kappa shape index (κ3) is 14.0. The molecule has 2 rings (SSSR count). The normalized spacial score (nSPS) is 11.4. The zero-order chi connectivity index (χ0) is 32.6. The van der Waals surface area contributed by atoms with E-state index in [2.05, 4.69) is 5.32 Å². The van der Waals surface area contributed by atoms with Gasteiger partial charge in [0, 0.05) is 29.5 Å². The van der Waals surface area contributed by atoms with Gasteiger partial charge in [-0.2, -0.15) is 0 Å². The molecule has 0 heterocycles. The van der Waals surface area contributed by atoms with Gasteiger partial charge in [-0.1, -0.05) is 40.0 Å². The molecule has 1 amide bonds. The zero-order valence-electron chi connectivity index (χ0n) is 26.6. The van der Waals surface area contributed by atoms with E-state index in [1.54, 1.807) is 48.5 Å². The largest absolute Gasteiger partial charge is 0.490 e. The van der Waals surface area contributed by atoms with E-state index >= 15 is 0 Å². The summed E-state index contributed by atoms with van der Waals surface area (Å²) in [5.74, 6) is 0.557. The molecular weight excluding hydrogens is 566 g/mol. The molecule has 0 aromatic heterocycles. The van der Waals surface area contributed by atoms with Crippen LogP contribution in [0.5, 0.6) is 11.5 Å². The number of esters is 1. The van der Waals surface area contributed by atoms with E-state index in [-0.39, 0.29) is 44.0 Å². The first-order chi connectivity index (χ1) is 20.8. The van der Waals surface area contributed by atoms with Crippen LogP contribution in [0, 0.1) is 5.41 Å². The SMILES string of the molecule is CC(C)(C)C(=O)c1ccc(OCCOC(=O)NCCCCCCCC(=O)OCCOc2ccc(C(=O)C(C)(C)O)cc2)cc1. The number of carbonyl (C=O) groups excluding carboxylic acids is 4. The van der Waals surface area contributed by atoms with Crippen molar-refractivity contribution in [3.8, 4) is 11.5 Å². The molecule has 2 aromatic carbocycles. The smallest absolute Gasteiger partial charge is 0.407 e. The molecule has 2 N–H and O–H groups in total. The molecule has 44 heavy (non-hydrogen) atoms. The van der Waals surface area contributed by atoms with E-state index in [1.807, 2.05) is 20.8 Å². The minimum Gasteiger partial charge on any atom is -0.490 e. The Balaban J connectivity index is 1.42. The summed E-state index contributed by atoms with van der Waals surface area (Å²) in [6.45, 7) is 9.65. The van der Waals surface area contributed by atoms with Gasteiger partial charge in [0.1, 0.15) is 43.5 Å². The molecule has 0 fully saturated rings. The molecule has 0 saturated carbocycles. The number of unbranched alkanes of at least 4 members (excludes halogenated alkanes) is 4. The van der Waals surface area contributed by atoms with Crippen LogP contribution in [0.2, 0.25) is 0 Å². The lowest BCUT2D eigenvalue weighted by atomic mass is 9.86. The lowest BCUT2D eigenvalue weighted by Crippen LogP contribution is -2.30. The highest BCUT2D eigenvalue weighted by atomic mass is 16.6. The topological polar surface area (TPSA) is 137 Å². The van der Waals surface area contributed by atoms with Gasteiger partial charge in [0.2, 0.25) is 0 Å². The van der Waals surface area contributed by atoms with Crippen LogP contribution in [0.1, 0.15) is 93.9 Å². The first-order valence-electron chi connectivity index (χ1n) is 15.1. The van der Waals surface area contributed by atoms with E-state index in [4.69, 9.17) is 18.9 Å². The molecule has 0 atom stereocenters. The third-order valence-corrected chi connectivity index (χ3v) is 6.50. The first kappa shape index (κ1) is 36.3. The highest BCUT2D eigenvalue weighted by Gasteiger charge is 2.25. The Labute approximate surface area is 260 Å². The molecule has 242 valence electrons. The summed E-state index contributed by atoms with van der Waals surface area (Å²) in [6.07, 6.45) is 4.10. The Bertz CT molecular complexity index is 1100. The van der Waals surface area contributed by atoms with Gasteiger partial charge in [-0.25, -0.2) is 4.79 Å². The number of carbonyl (C=O) groups is 4. The minimum atomic E-state index is -1.44. The average molecular weight is 614 g/mol. The Morgan fingerprint density at radius 3 is 1.64 bits per heavy atom. The van der Waals surface area contributed by atoms with Crippen LogP contribution in [0.3, 0.4) is 0 Å². The molecule has 0 bridgehead atoms. The predicted octanol–water partition coefficient (Wildman–Crippen LogP) is 5.94. The molecular formula is C34H47NO9. The zero-order valence-corrected chi connectivity index (χ0v) is 26.6. The number of benzene rings is 2. The number of Topliss-reactive ketones (excluding diaryl/α,β-unsaturated/α-hetero) is 2. The van der Waals surface area contributed by atoms with Crippen molar-refractivity contribution in [1.29, 1.82) is 0 Å². The van der Waals surface area contributed by atoms with Crippen LogP contribution < -0.4 is 14.8 Å². The number of hydrogen-bond donors (Lipinski definition) is 2. The molecule has 0 saturated heterocycles. The molecule has 0 aliphatic carbocycles. The maximum atomic E-state index is 12.3. The van der Waals surface area contributed by atoms with Crippen molar-refractivity contribution in [2.45, 2.75) is 78.7 Å². The predicted molar refractivity (Wildman–Crippen MR) is 166 cm³/mol. The second-order valence-electron chi connectivity index (χ2n) is 12.0. The van der Waals surface area contributed by atoms with Gasteiger partial charge in [-0.3, -0.25) is 14.4 Å². The van der Waals surface area contributed by atoms with Gasteiger partial charge >= 0.3 is 12.1 Å². The highest BCUT2D eigenvalue weighted by molar-refractivity contribution is 6.01. The van der Waals surface area contributed by atoms with E-state index in [1.165, 1.54) is 13.8 Å². The molecule has 2 aromatic rings. The fourth-order valence-electron chi connectivity index (χ4n) is 4.04. The Morgan fingerprint density at radius 1 is 0.636 bits per heavy atom. The maximum Gasteiger partial charge on any atom is 0.407 e. The highest BCUT2D eigenvalue weighted by Crippen LogP contribution is 2.22. The van der Waals surface area contributed by atoms with Gasteiger partial charge < -0.3 is 29.4 Å². The second-order valence-corrected chi connectivity index (χ2v) is 12.0. The van der Waals surface area contributed by atoms with Gasteiger partial charge in [0.05, 0.1) is 0 Å². The summed E-state index contributed by atoms with van der Waals surface area (Å²) >= 11 is 0. The van der Waals surface area contributed by atoms with Crippen molar-refractivity contribution in [3.63, 3.8) is 0 Å². The Kier molecular flexibility index (Phi) is 14.9. The Hall–Kier alpha value is -3.92. The standard InChI is InChI=1S/C34H47NO9/c1-33(2,3)30(37)25-12-16-27(17-13-25)42-22-24-44-32(39)35-20-10-8-6-7-9-11-29(36)43-23-21-41-28-18-14-26(15-19-28)31(38)34(4,5)40/h12-19,40H,6-11,20-24H2,1-5H3,(H,35,39). The molecule has 0 radical (unpaired) electrons. The van der Waals surface area contributed by atoms with Crippen molar-refractivity contribution in [2.24, 2.45) is 5.41 Å². The molecule has 0 aliphatic rings. The van der Waals surface area contributed by atoms with Crippen molar-refractivity contribution in [2.75, 3.05) is 33.0 Å². The molecule has 10 nitrogen and oxygen atoms in total. The monoisotopic (exact) mass is 613 g/mol. The molecule has 0 aliphatic heterocycles. The number of ketones is 2. The van der Waals surface area contributed by atoms with Crippen molar-refractivity contribution < 1.29 is 43.2 Å². The van der Waals surface area contributed by atoms with E-state index in [0.717, 1.165) is 32.1 Å². The lowest BCUT2D eigenvalue weighted by molar-refractivity contribution is -0.144. The van der Waals surface area contributed by atoms with Crippen molar-refractivity contribution in [1.82, 2.24) is 5.32 Å². The number of alkyl carbamates (subject to hydrolysis) is 1. The quantitative estimate of drug-likeness (QED) is 0.112. The van der Waals surface area contributed by atoms with E-state index in [9.17, 15) is 24.3 Å². The summed E-state index contributed by atoms with van der Waals surface area (Å²) in [6, 6.07) is 13.4. The van der Waals surface area contributed by atoms with Crippen LogP contribution >= 0.6 is 0 Å². The number of rotatable bonds is 19. The second kappa shape index (κ2) is 18.0. The third-order valence-electron chi connectivity index (χ3n) is 6.50. The lowest BCUT2D eigenvalue weighted by Gasteiger charge is -2.16. The van der Waals surface area contributed by atoms with Crippen LogP contribution in [-0.4, -0.2) is 67.3 Å². The van der Waals surface area contributed by atoms with Crippen LogP contribution in [0.15, 0.2) is 48.5 Å². The van der Waals surface area contributed by atoms with E-state index < -0.39 is 17.1 Å². The number of nitrogens with one attached hydrogen (secondary N) is 1. The number of hydrogen-bond acceptors (Lipinski definition) is 9. The summed E-state index contributed by atoms with van der Waals surface area (Å²) in [4.78, 5) is 48.1. The first-order valence-corrected chi connectivity index (χ1v) is 15.1. The molecule has 0 unspecified atom stereocenters. The van der Waals surface area contributed by atoms with E-state index in [0.29, 0.717) is 35.6 Å². The van der Waals surface area contributed by atoms with Crippen LogP contribution in [0.25, 0.3) is 0 Å². The van der Waals surface area contributed by atoms with Crippen molar-refractivity contribution >= 4 is 23.6 Å². The summed E-state index contributed by atoms with van der Waals surface area (Å²) in [5, 5.41) is 12.5. The van der Waals surface area contributed by atoms with Crippen LogP contribution in [-0.2, 0) is 14.3 Å². The van der Waals surface area contributed by atoms with Gasteiger partial charge in [-0.05, 0) is 75.2 Å². The number of amides is 1. The van der Waals surface area contributed by atoms with Gasteiger partial charge in [-0.15, -0.1) is 0 Å². The molecule has 0 spiro atoms. The number of ether oxygens (including phenoxy) is 4. The molecule has 10 heteroatoms. The van der Waals surface area contributed by atoms with Gasteiger partial charge in [0.25, 0.3) is 0 Å². The number of aliphatic hydroxyl groups is 1. The minimum absolute atomic E-state index is 0.0635. The fraction of sp³-hybridized carbons (Fsp3) is 0.529. The van der Waals surface area contributed by atoms with Crippen LogP contribution in [0.4, 0.5) is 4.79 Å². The average Bonchev–Trinajstić information content (AvgIpc) is 2.97.